The van der Waals surface area contributed by atoms with Crippen LogP contribution in [0.4, 0.5) is 5.69 Å². The number of sulfonamides is 1. The van der Waals surface area contributed by atoms with Crippen molar-refractivity contribution in [1.29, 1.82) is 0 Å². The van der Waals surface area contributed by atoms with Crippen molar-refractivity contribution in [2.45, 2.75) is 11.8 Å². The number of carbonyl (C=O) groups excluding carboxylic acids is 1. The molecule has 0 unspecified atom stereocenters. The van der Waals surface area contributed by atoms with Crippen LogP contribution in [-0.4, -0.2) is 26.6 Å². The first-order valence-electron chi connectivity index (χ1n) is 9.20. The van der Waals surface area contributed by atoms with Gasteiger partial charge in [0.25, 0.3) is 15.9 Å². The Morgan fingerprint density at radius 3 is 2.23 bits per heavy atom. The number of benzene rings is 3. The summed E-state index contributed by atoms with van der Waals surface area (Å²) in [5.41, 5.74) is 4.22. The number of hydrazone groups is 1. The maximum absolute atomic E-state index is 13.2. The van der Waals surface area contributed by atoms with Gasteiger partial charge in [0.2, 0.25) is 0 Å². The summed E-state index contributed by atoms with van der Waals surface area (Å²) in [5.74, 6) is -0.571. The van der Waals surface area contributed by atoms with Gasteiger partial charge < -0.3 is 0 Å². The topological polar surface area (TPSA) is 78.8 Å². The van der Waals surface area contributed by atoms with Crippen LogP contribution in [0.15, 0.2) is 93.3 Å². The zero-order chi connectivity index (χ0) is 22.4. The first kappa shape index (κ1) is 23.0. The molecule has 0 aliphatic carbocycles. The van der Waals surface area contributed by atoms with Gasteiger partial charge >= 0.3 is 0 Å². The number of nitrogens with one attached hydrogen (secondary N) is 1. The van der Waals surface area contributed by atoms with E-state index in [9.17, 15) is 13.2 Å². The minimum absolute atomic E-state index is 0.0306. The highest BCUT2D eigenvalue weighted by Crippen LogP contribution is 2.24. The van der Waals surface area contributed by atoms with Crippen molar-refractivity contribution in [3.63, 3.8) is 0 Å². The lowest BCUT2D eigenvalue weighted by molar-refractivity contribution is -0.119. The lowest BCUT2D eigenvalue weighted by atomic mass is 10.1. The quantitative estimate of drug-likeness (QED) is 0.358. The summed E-state index contributed by atoms with van der Waals surface area (Å²) in [5, 5.41) is 4.52. The number of halogens is 2. The second kappa shape index (κ2) is 10.1. The van der Waals surface area contributed by atoms with Gasteiger partial charge in [-0.2, -0.15) is 5.10 Å². The molecule has 0 atom stereocenters. The van der Waals surface area contributed by atoms with E-state index in [4.69, 9.17) is 11.6 Å². The molecule has 0 heterocycles. The Balaban J connectivity index is 1.83. The van der Waals surface area contributed by atoms with Crippen molar-refractivity contribution < 1.29 is 13.2 Å². The molecule has 0 spiro atoms. The van der Waals surface area contributed by atoms with Gasteiger partial charge in [-0.15, -0.1) is 0 Å². The Labute approximate surface area is 194 Å². The largest absolute Gasteiger partial charge is 0.271 e. The van der Waals surface area contributed by atoms with Gasteiger partial charge in [0, 0.05) is 9.50 Å². The normalized spacial score (nSPS) is 11.8. The maximum atomic E-state index is 13.2. The molecule has 0 fully saturated rings. The van der Waals surface area contributed by atoms with Gasteiger partial charge in [-0.25, -0.2) is 13.8 Å². The predicted molar refractivity (Wildman–Crippen MR) is 127 cm³/mol. The fourth-order valence-corrected chi connectivity index (χ4v) is 4.52. The average molecular weight is 521 g/mol. The van der Waals surface area contributed by atoms with E-state index in [-0.39, 0.29) is 4.90 Å². The van der Waals surface area contributed by atoms with E-state index in [1.165, 1.54) is 24.3 Å². The van der Waals surface area contributed by atoms with E-state index in [0.29, 0.717) is 16.4 Å². The summed E-state index contributed by atoms with van der Waals surface area (Å²) in [4.78, 5) is 12.6. The minimum Gasteiger partial charge on any atom is -0.271 e. The van der Waals surface area contributed by atoms with Crippen LogP contribution >= 0.6 is 27.5 Å². The Morgan fingerprint density at radius 2 is 1.61 bits per heavy atom. The monoisotopic (exact) mass is 519 g/mol. The molecule has 0 aromatic heterocycles. The number of nitrogens with zero attached hydrogens (tertiary/aromatic N) is 2. The molecule has 160 valence electrons. The molecule has 0 aliphatic rings. The van der Waals surface area contributed by atoms with E-state index < -0.39 is 22.5 Å². The molecule has 3 rings (SSSR count). The molecular weight excluding hydrogens is 502 g/mol. The number of hydrogen-bond acceptors (Lipinski definition) is 4. The van der Waals surface area contributed by atoms with Crippen molar-refractivity contribution in [2.24, 2.45) is 5.10 Å². The molecule has 31 heavy (non-hydrogen) atoms. The third-order valence-electron chi connectivity index (χ3n) is 4.34. The van der Waals surface area contributed by atoms with E-state index in [1.54, 1.807) is 37.3 Å². The second-order valence-corrected chi connectivity index (χ2v) is 9.75. The molecule has 9 heteroatoms. The number of hydrogen-bond donors (Lipinski definition) is 1. The van der Waals surface area contributed by atoms with Crippen molar-refractivity contribution in [1.82, 2.24) is 5.43 Å². The van der Waals surface area contributed by atoms with E-state index in [1.807, 2.05) is 24.3 Å². The van der Waals surface area contributed by atoms with E-state index in [2.05, 4.69) is 26.5 Å². The zero-order valence-corrected chi connectivity index (χ0v) is 19.7. The third kappa shape index (κ3) is 5.94. The fourth-order valence-electron chi connectivity index (χ4n) is 2.71. The van der Waals surface area contributed by atoms with Gasteiger partial charge in [0.15, 0.2) is 0 Å². The lowest BCUT2D eigenvalue weighted by Crippen LogP contribution is -2.39. The summed E-state index contributed by atoms with van der Waals surface area (Å²) in [6.07, 6.45) is 0. The summed E-state index contributed by atoms with van der Waals surface area (Å²) < 4.78 is 28.4. The molecule has 6 nitrogen and oxygen atoms in total. The van der Waals surface area contributed by atoms with Gasteiger partial charge in [0.05, 0.1) is 16.3 Å². The first-order valence-corrected chi connectivity index (χ1v) is 11.8. The van der Waals surface area contributed by atoms with E-state index >= 15 is 0 Å². The number of amides is 1. The van der Waals surface area contributed by atoms with Gasteiger partial charge in [-0.1, -0.05) is 57.9 Å². The Kier molecular flexibility index (Phi) is 7.48. The standard InChI is InChI=1S/C22H19BrClN3O3S/c1-16(17-7-9-18(23)10-8-17)25-26-22(28)15-27(20-5-3-2-4-6-20)31(29,30)21-13-11-19(24)12-14-21/h2-14H,15H2,1H3,(H,26,28)/b25-16-. The van der Waals surface area contributed by atoms with Crippen molar-refractivity contribution in [3.05, 3.63) is 93.9 Å². The molecule has 0 radical (unpaired) electrons. The molecule has 3 aromatic rings. The summed E-state index contributed by atoms with van der Waals surface area (Å²) in [6, 6.07) is 21.7. The van der Waals surface area contributed by atoms with Crippen LogP contribution in [0.25, 0.3) is 0 Å². The zero-order valence-electron chi connectivity index (χ0n) is 16.5. The fraction of sp³-hybridized carbons (Fsp3) is 0.0909. The van der Waals surface area contributed by atoms with Gasteiger partial charge in [-0.05, 0) is 61.0 Å². The molecule has 0 aliphatic heterocycles. The third-order valence-corrected chi connectivity index (χ3v) is 6.91. The van der Waals surface area contributed by atoms with Gasteiger partial charge in [0.1, 0.15) is 6.54 Å². The van der Waals surface area contributed by atoms with E-state index in [0.717, 1.165) is 14.3 Å². The first-order chi connectivity index (χ1) is 14.8. The van der Waals surface area contributed by atoms with Crippen LogP contribution in [0, 0.1) is 0 Å². The highest BCUT2D eigenvalue weighted by molar-refractivity contribution is 9.10. The lowest BCUT2D eigenvalue weighted by Gasteiger charge is -2.23. The summed E-state index contributed by atoms with van der Waals surface area (Å²) in [6.45, 7) is 1.31. The van der Waals surface area contributed by atoms with Gasteiger partial charge in [-0.3, -0.25) is 9.10 Å². The van der Waals surface area contributed by atoms with Crippen molar-refractivity contribution >= 4 is 54.9 Å². The molecule has 0 saturated carbocycles. The molecular formula is C22H19BrClN3O3S. The SMILES string of the molecule is C/C(=N/NC(=O)CN(c1ccccc1)S(=O)(=O)c1ccc(Cl)cc1)c1ccc(Br)cc1. The van der Waals surface area contributed by atoms with Crippen LogP contribution in [0.5, 0.6) is 0 Å². The smallest absolute Gasteiger partial charge is 0.264 e. The maximum Gasteiger partial charge on any atom is 0.264 e. The minimum atomic E-state index is -4.00. The predicted octanol–water partition coefficient (Wildman–Crippen LogP) is 4.84. The van der Waals surface area contributed by atoms with Crippen LogP contribution in [0.3, 0.4) is 0 Å². The van der Waals surface area contributed by atoms with Crippen LogP contribution in [0.2, 0.25) is 5.02 Å². The summed E-state index contributed by atoms with van der Waals surface area (Å²) in [7, 11) is -4.00. The van der Waals surface area contributed by atoms with Crippen molar-refractivity contribution in [3.8, 4) is 0 Å². The number of anilines is 1. The summed E-state index contributed by atoms with van der Waals surface area (Å²) >= 11 is 9.25. The van der Waals surface area contributed by atoms with Crippen molar-refractivity contribution in [2.75, 3.05) is 10.8 Å². The molecule has 3 aromatic carbocycles. The Hall–Kier alpha value is -2.68. The van der Waals surface area contributed by atoms with Crippen LogP contribution in [0.1, 0.15) is 12.5 Å². The Morgan fingerprint density at radius 1 is 1.00 bits per heavy atom. The second-order valence-electron chi connectivity index (χ2n) is 6.54. The molecule has 0 saturated heterocycles. The van der Waals surface area contributed by atoms with Crippen LogP contribution in [-0.2, 0) is 14.8 Å². The highest BCUT2D eigenvalue weighted by Gasteiger charge is 2.27. The highest BCUT2D eigenvalue weighted by atomic mass is 79.9. The number of rotatable bonds is 7. The molecule has 1 N–H and O–H groups in total. The Bertz CT molecular complexity index is 1180. The molecule has 1 amide bonds. The average Bonchev–Trinajstić information content (AvgIpc) is 2.77. The number of carbonyl (C=O) groups is 1. The molecule has 0 bridgehead atoms. The number of para-hydroxylation sites is 1. The van der Waals surface area contributed by atoms with Crippen LogP contribution < -0.4 is 9.73 Å².